The van der Waals surface area contributed by atoms with Crippen molar-refractivity contribution in [2.75, 3.05) is 26.3 Å². The van der Waals surface area contributed by atoms with Crippen LogP contribution in [0.4, 0.5) is 4.79 Å². The zero-order chi connectivity index (χ0) is 24.2. The fourth-order valence-corrected chi connectivity index (χ4v) is 6.92. The predicted molar refractivity (Wildman–Crippen MR) is 132 cm³/mol. The lowest BCUT2D eigenvalue weighted by molar-refractivity contribution is 0.0540. The number of carbonyl (C=O) groups is 2. The molecule has 1 aromatic rings. The average molecular weight is 482 g/mol. The van der Waals surface area contributed by atoms with Gasteiger partial charge in [0, 0.05) is 49.9 Å². The molecule has 34 heavy (non-hydrogen) atoms. The lowest BCUT2D eigenvalue weighted by atomic mass is 9.75. The first-order chi connectivity index (χ1) is 16.3. The van der Waals surface area contributed by atoms with Crippen LogP contribution in [0.2, 0.25) is 19.1 Å². The molecule has 7 nitrogen and oxygen atoms in total. The summed E-state index contributed by atoms with van der Waals surface area (Å²) in [6.07, 6.45) is 10.3. The van der Waals surface area contributed by atoms with E-state index in [1.807, 2.05) is 24.3 Å². The molecule has 0 radical (unpaired) electrons. The summed E-state index contributed by atoms with van der Waals surface area (Å²) in [5, 5.41) is 8.30. The Balaban J connectivity index is 1.12. The summed E-state index contributed by atoms with van der Waals surface area (Å²) in [7, 11) is -1.84. The molecule has 182 valence electrons. The largest absolute Gasteiger partial charge is 0.449 e. The van der Waals surface area contributed by atoms with Crippen LogP contribution in [0.15, 0.2) is 34.5 Å². The number of fused-ring (bicyclic) bond motifs is 1. The van der Waals surface area contributed by atoms with E-state index < -0.39 is 8.32 Å². The fourth-order valence-electron chi connectivity index (χ4n) is 5.13. The molecular formula is C26H35N3O4Si. The van der Waals surface area contributed by atoms with Crippen LogP contribution in [0.5, 0.6) is 0 Å². The fraction of sp³-hybridized carbons (Fsp3) is 0.615. The number of nitrogens with zero attached hydrogens (tertiary/aromatic N) is 3. The SMILES string of the molecule is C#CCCC1(CCO[Si](C)(C)CCCOC(=O)N2CCC3(CC2)Cc2ccccc2C3=O)N=N1. The summed E-state index contributed by atoms with van der Waals surface area (Å²) in [5.74, 6) is 2.89. The minimum atomic E-state index is -1.84. The van der Waals surface area contributed by atoms with E-state index in [1.54, 1.807) is 4.90 Å². The summed E-state index contributed by atoms with van der Waals surface area (Å²) < 4.78 is 11.7. The van der Waals surface area contributed by atoms with Crippen LogP contribution in [0.1, 0.15) is 54.4 Å². The van der Waals surface area contributed by atoms with Crippen LogP contribution in [0.3, 0.4) is 0 Å². The number of Topliss-reactive ketones (excluding diaryl/α,β-unsaturated/α-hetero) is 1. The number of hydrogen-bond donors (Lipinski definition) is 0. The van der Waals surface area contributed by atoms with Crippen molar-refractivity contribution < 1.29 is 18.8 Å². The maximum absolute atomic E-state index is 13.0. The van der Waals surface area contributed by atoms with E-state index in [4.69, 9.17) is 15.6 Å². The third kappa shape index (κ3) is 5.58. The topological polar surface area (TPSA) is 80.6 Å². The number of ether oxygens (including phenoxy) is 1. The van der Waals surface area contributed by atoms with Gasteiger partial charge < -0.3 is 14.1 Å². The zero-order valence-electron chi connectivity index (χ0n) is 20.3. The number of benzene rings is 1. The normalized spacial score (nSPS) is 19.7. The van der Waals surface area contributed by atoms with Crippen molar-refractivity contribution in [3.05, 3.63) is 35.4 Å². The Labute approximate surface area is 203 Å². The summed E-state index contributed by atoms with van der Waals surface area (Å²) >= 11 is 0. The molecule has 0 N–H and O–H groups in total. The zero-order valence-corrected chi connectivity index (χ0v) is 21.3. The number of terminal acetylenes is 1. The number of ketones is 1. The van der Waals surface area contributed by atoms with Crippen molar-refractivity contribution in [3.8, 4) is 12.3 Å². The van der Waals surface area contributed by atoms with E-state index in [2.05, 4.69) is 29.2 Å². The summed E-state index contributed by atoms with van der Waals surface area (Å²) in [6, 6.07) is 8.81. The van der Waals surface area contributed by atoms with Crippen molar-refractivity contribution in [2.24, 2.45) is 15.6 Å². The van der Waals surface area contributed by atoms with Gasteiger partial charge in [-0.1, -0.05) is 24.3 Å². The lowest BCUT2D eigenvalue weighted by Gasteiger charge is -2.37. The van der Waals surface area contributed by atoms with Gasteiger partial charge in [0.1, 0.15) is 0 Å². The molecule has 2 heterocycles. The highest BCUT2D eigenvalue weighted by atomic mass is 28.4. The first-order valence-electron chi connectivity index (χ1n) is 12.3. The second kappa shape index (κ2) is 10.0. The second-order valence-corrected chi connectivity index (χ2v) is 14.7. The van der Waals surface area contributed by atoms with Crippen molar-refractivity contribution in [1.29, 1.82) is 0 Å². The van der Waals surface area contributed by atoms with E-state index in [0.29, 0.717) is 45.6 Å². The van der Waals surface area contributed by atoms with Gasteiger partial charge in [0.25, 0.3) is 0 Å². The maximum atomic E-state index is 13.0. The van der Waals surface area contributed by atoms with E-state index in [9.17, 15) is 9.59 Å². The number of likely N-dealkylation sites (tertiary alicyclic amines) is 1. The molecule has 1 saturated heterocycles. The third-order valence-corrected chi connectivity index (χ3v) is 9.99. The minimum absolute atomic E-state index is 0.245. The first kappa shape index (κ1) is 24.6. The van der Waals surface area contributed by atoms with Gasteiger partial charge >= 0.3 is 6.09 Å². The summed E-state index contributed by atoms with van der Waals surface area (Å²) in [6.45, 7) is 6.53. The van der Waals surface area contributed by atoms with Gasteiger partial charge in [-0.2, -0.15) is 10.2 Å². The van der Waals surface area contributed by atoms with E-state index in [0.717, 1.165) is 42.9 Å². The van der Waals surface area contributed by atoms with Gasteiger partial charge in [0.2, 0.25) is 0 Å². The number of piperidine rings is 1. The molecular weight excluding hydrogens is 446 g/mol. The second-order valence-electron chi connectivity index (χ2n) is 10.4. The van der Waals surface area contributed by atoms with Crippen LogP contribution in [-0.2, 0) is 15.6 Å². The minimum Gasteiger partial charge on any atom is -0.449 e. The molecule has 0 bridgehead atoms. The molecule has 1 aliphatic carbocycles. The number of amides is 1. The molecule has 1 amide bonds. The summed E-state index contributed by atoms with van der Waals surface area (Å²) in [4.78, 5) is 27.3. The highest BCUT2D eigenvalue weighted by Gasteiger charge is 2.47. The van der Waals surface area contributed by atoms with Crippen LogP contribution < -0.4 is 0 Å². The molecule has 8 heteroatoms. The van der Waals surface area contributed by atoms with E-state index in [1.165, 1.54) is 0 Å². The molecule has 1 fully saturated rings. The number of carbonyl (C=O) groups excluding carboxylic acids is 2. The molecule has 2 aliphatic heterocycles. The molecule has 4 rings (SSSR count). The van der Waals surface area contributed by atoms with Gasteiger partial charge in [-0.3, -0.25) is 4.79 Å². The van der Waals surface area contributed by atoms with Crippen molar-refractivity contribution in [1.82, 2.24) is 4.90 Å². The monoisotopic (exact) mass is 481 g/mol. The highest BCUT2D eigenvalue weighted by Crippen LogP contribution is 2.44. The van der Waals surface area contributed by atoms with Gasteiger partial charge in [0.15, 0.2) is 19.8 Å². The smallest absolute Gasteiger partial charge is 0.409 e. The Hall–Kier alpha value is -2.50. The molecule has 1 aromatic carbocycles. The predicted octanol–water partition coefficient (Wildman–Crippen LogP) is 5.22. The quantitative estimate of drug-likeness (QED) is 0.261. The average Bonchev–Trinajstić information content (AvgIpc) is 3.54. The third-order valence-electron chi connectivity index (χ3n) is 7.45. The number of rotatable bonds is 10. The Bertz CT molecular complexity index is 986. The lowest BCUT2D eigenvalue weighted by Crippen LogP contribution is -2.46. The molecule has 3 aliphatic rings. The highest BCUT2D eigenvalue weighted by molar-refractivity contribution is 6.71. The summed E-state index contributed by atoms with van der Waals surface area (Å²) in [5.41, 5.74) is 1.36. The van der Waals surface area contributed by atoms with Crippen LogP contribution in [0.25, 0.3) is 0 Å². The van der Waals surface area contributed by atoms with Crippen LogP contribution >= 0.6 is 0 Å². The molecule has 0 aromatic heterocycles. The Morgan fingerprint density at radius 2 is 1.91 bits per heavy atom. The van der Waals surface area contributed by atoms with Crippen LogP contribution in [-0.4, -0.2) is 57.1 Å². The molecule has 1 spiro atoms. The first-order valence-corrected chi connectivity index (χ1v) is 15.5. The maximum Gasteiger partial charge on any atom is 0.409 e. The van der Waals surface area contributed by atoms with Crippen molar-refractivity contribution in [2.45, 2.75) is 69.7 Å². The van der Waals surface area contributed by atoms with Gasteiger partial charge in [-0.25, -0.2) is 4.79 Å². The van der Waals surface area contributed by atoms with Crippen molar-refractivity contribution in [3.63, 3.8) is 0 Å². The Morgan fingerprint density at radius 3 is 2.59 bits per heavy atom. The van der Waals surface area contributed by atoms with E-state index in [-0.39, 0.29) is 23.0 Å². The van der Waals surface area contributed by atoms with Gasteiger partial charge in [-0.05, 0) is 50.4 Å². The molecule has 0 unspecified atom stereocenters. The Morgan fingerprint density at radius 1 is 1.18 bits per heavy atom. The number of hydrogen-bond acceptors (Lipinski definition) is 6. The van der Waals surface area contributed by atoms with Gasteiger partial charge in [0.05, 0.1) is 6.61 Å². The van der Waals surface area contributed by atoms with Crippen LogP contribution in [0, 0.1) is 17.8 Å². The van der Waals surface area contributed by atoms with Gasteiger partial charge in [-0.15, -0.1) is 12.3 Å². The van der Waals surface area contributed by atoms with Crippen molar-refractivity contribution >= 4 is 20.2 Å². The molecule has 0 atom stereocenters. The molecule has 0 saturated carbocycles. The standard InChI is InChI=1S/C26H35N3O4Si/c1-4-5-11-26(27-28-26)14-18-33-34(2,3)19-8-17-32-24(31)29-15-12-25(13-16-29)20-21-9-6-7-10-22(21)23(25)30/h1,6-7,9-10H,5,8,11-20H2,2-3H3. The Kier molecular flexibility index (Phi) is 7.24. The van der Waals surface area contributed by atoms with E-state index >= 15 is 0 Å².